The molecule has 0 bridgehead atoms. The molecule has 0 spiro atoms. The molecule has 1 saturated carbocycles. The van der Waals surface area contributed by atoms with Crippen LogP contribution in [-0.4, -0.2) is 5.91 Å². The minimum Gasteiger partial charge on any atom is -0.461 e. The van der Waals surface area contributed by atoms with Crippen molar-refractivity contribution in [2.75, 3.05) is 5.32 Å². The Kier molecular flexibility index (Phi) is 4.66. The summed E-state index contributed by atoms with van der Waals surface area (Å²) in [5.41, 5.74) is 0.276. The first kappa shape index (κ1) is 16.6. The molecule has 1 N–H and O–H groups in total. The number of hydrogen-bond acceptors (Lipinski definition) is 3. The van der Waals surface area contributed by atoms with E-state index in [2.05, 4.69) is 12.2 Å². The molecule has 2 atom stereocenters. The van der Waals surface area contributed by atoms with Crippen molar-refractivity contribution >= 4 is 40.9 Å². The molecule has 1 aliphatic carbocycles. The van der Waals surface area contributed by atoms with Crippen LogP contribution in [0.25, 0.3) is 6.08 Å². The number of nitriles is 1. The van der Waals surface area contributed by atoms with E-state index in [4.69, 9.17) is 27.6 Å². The molecule has 0 radical (unpaired) electrons. The average Bonchev–Trinajstić information content (AvgIpc) is 3.09. The third-order valence-corrected chi connectivity index (χ3v) is 4.52. The van der Waals surface area contributed by atoms with Crippen molar-refractivity contribution < 1.29 is 9.21 Å². The van der Waals surface area contributed by atoms with Crippen LogP contribution in [0.5, 0.6) is 0 Å². The predicted molar refractivity (Wildman–Crippen MR) is 93.9 cm³/mol. The molecular weight excluding hydrogens is 347 g/mol. The lowest BCUT2D eigenvalue weighted by atomic mass is 10.2. The van der Waals surface area contributed by atoms with Gasteiger partial charge in [0.1, 0.15) is 23.2 Å². The number of nitrogens with zero attached hydrogens (tertiary/aromatic N) is 1. The monoisotopic (exact) mass is 360 g/mol. The molecule has 1 aliphatic rings. The molecular formula is C18H14Cl2N2O2. The van der Waals surface area contributed by atoms with Gasteiger partial charge < -0.3 is 9.73 Å². The average molecular weight is 361 g/mol. The van der Waals surface area contributed by atoms with Gasteiger partial charge >= 0.3 is 0 Å². The Morgan fingerprint density at radius 2 is 2.12 bits per heavy atom. The number of benzene rings is 1. The van der Waals surface area contributed by atoms with E-state index >= 15 is 0 Å². The number of furan rings is 1. The molecule has 122 valence electrons. The molecule has 0 saturated heterocycles. The van der Waals surface area contributed by atoms with Gasteiger partial charge in [-0.15, -0.1) is 0 Å². The normalized spacial score (nSPS) is 19.7. The Labute approximate surface area is 149 Å². The molecule has 1 fully saturated rings. The zero-order valence-electron chi connectivity index (χ0n) is 12.8. The predicted octanol–water partition coefficient (Wildman–Crippen LogP) is 5.26. The van der Waals surface area contributed by atoms with Gasteiger partial charge in [-0.25, -0.2) is 0 Å². The molecule has 1 aromatic heterocycles. The van der Waals surface area contributed by atoms with Gasteiger partial charge in [0.2, 0.25) is 0 Å². The van der Waals surface area contributed by atoms with Gasteiger partial charge in [0.05, 0.1) is 10.7 Å². The van der Waals surface area contributed by atoms with Gasteiger partial charge in [0, 0.05) is 17.0 Å². The van der Waals surface area contributed by atoms with Gasteiger partial charge in [0.15, 0.2) is 0 Å². The first-order valence-electron chi connectivity index (χ1n) is 7.46. The first-order chi connectivity index (χ1) is 11.5. The van der Waals surface area contributed by atoms with Crippen LogP contribution in [0.3, 0.4) is 0 Å². The van der Waals surface area contributed by atoms with E-state index in [1.807, 2.05) is 12.1 Å². The second-order valence-corrected chi connectivity index (χ2v) is 6.65. The quantitative estimate of drug-likeness (QED) is 0.597. The van der Waals surface area contributed by atoms with Crippen LogP contribution in [0.2, 0.25) is 10.0 Å². The van der Waals surface area contributed by atoms with Crippen LogP contribution in [-0.2, 0) is 4.79 Å². The lowest BCUT2D eigenvalue weighted by molar-refractivity contribution is -0.112. The number of anilines is 1. The van der Waals surface area contributed by atoms with Gasteiger partial charge in [-0.2, -0.15) is 5.26 Å². The van der Waals surface area contributed by atoms with Crippen LogP contribution >= 0.6 is 23.2 Å². The zero-order valence-corrected chi connectivity index (χ0v) is 14.4. The number of amides is 1. The SMILES string of the molecule is CC1CC1c1ccc(/C=C(\C#N)C(=O)Nc2cc(Cl)ccc2Cl)o1. The maximum Gasteiger partial charge on any atom is 0.266 e. The Bertz CT molecular complexity index is 864. The lowest BCUT2D eigenvalue weighted by Crippen LogP contribution is -2.13. The second-order valence-electron chi connectivity index (χ2n) is 5.81. The summed E-state index contributed by atoms with van der Waals surface area (Å²) >= 11 is 11.9. The molecule has 2 unspecified atom stereocenters. The van der Waals surface area contributed by atoms with Crippen LogP contribution in [0.1, 0.15) is 30.8 Å². The van der Waals surface area contributed by atoms with E-state index in [1.54, 1.807) is 18.2 Å². The van der Waals surface area contributed by atoms with Crippen LogP contribution in [0.4, 0.5) is 5.69 Å². The number of halogens is 2. The van der Waals surface area contributed by atoms with Crippen molar-refractivity contribution in [2.45, 2.75) is 19.3 Å². The van der Waals surface area contributed by atoms with Crippen molar-refractivity contribution in [3.05, 3.63) is 57.5 Å². The Balaban J connectivity index is 1.77. The Hall–Kier alpha value is -2.22. The Morgan fingerprint density at radius 1 is 1.38 bits per heavy atom. The van der Waals surface area contributed by atoms with Crippen molar-refractivity contribution in [1.29, 1.82) is 5.26 Å². The summed E-state index contributed by atoms with van der Waals surface area (Å²) in [5, 5.41) is 12.6. The largest absolute Gasteiger partial charge is 0.461 e. The highest BCUT2D eigenvalue weighted by atomic mass is 35.5. The first-order valence-corrected chi connectivity index (χ1v) is 8.21. The smallest absolute Gasteiger partial charge is 0.266 e. The number of hydrogen-bond donors (Lipinski definition) is 1. The minimum absolute atomic E-state index is 0.0733. The fourth-order valence-corrected chi connectivity index (χ4v) is 2.77. The van der Waals surface area contributed by atoms with Crippen LogP contribution < -0.4 is 5.32 Å². The van der Waals surface area contributed by atoms with E-state index < -0.39 is 5.91 Å². The fraction of sp³-hybridized carbons (Fsp3) is 0.222. The number of nitrogens with one attached hydrogen (secondary N) is 1. The second kappa shape index (κ2) is 6.72. The van der Waals surface area contributed by atoms with E-state index in [0.29, 0.717) is 33.3 Å². The van der Waals surface area contributed by atoms with E-state index in [9.17, 15) is 10.1 Å². The van der Waals surface area contributed by atoms with Crippen molar-refractivity contribution in [3.63, 3.8) is 0 Å². The molecule has 1 aromatic carbocycles. The standard InChI is InChI=1S/C18H14Cl2N2O2/c1-10-6-14(10)17-5-3-13(24-17)7-11(9-21)18(23)22-16-8-12(19)2-4-15(16)20/h2-5,7-8,10,14H,6H2,1H3,(H,22,23)/b11-7+. The third kappa shape index (κ3) is 3.64. The van der Waals surface area contributed by atoms with Gasteiger partial charge in [0.25, 0.3) is 5.91 Å². The summed E-state index contributed by atoms with van der Waals surface area (Å²) < 4.78 is 5.70. The van der Waals surface area contributed by atoms with Crippen molar-refractivity contribution in [1.82, 2.24) is 0 Å². The summed E-state index contributed by atoms with van der Waals surface area (Å²) in [6.07, 6.45) is 2.53. The van der Waals surface area contributed by atoms with Gasteiger partial charge in [-0.1, -0.05) is 30.1 Å². The molecule has 2 aromatic rings. The molecule has 1 amide bonds. The Morgan fingerprint density at radius 3 is 2.79 bits per heavy atom. The third-order valence-electron chi connectivity index (χ3n) is 3.95. The summed E-state index contributed by atoms with van der Waals surface area (Å²) in [6, 6.07) is 10.2. The minimum atomic E-state index is -0.570. The summed E-state index contributed by atoms with van der Waals surface area (Å²) in [4.78, 5) is 12.3. The maximum absolute atomic E-state index is 12.3. The summed E-state index contributed by atoms with van der Waals surface area (Å²) in [5.74, 6) is 1.87. The van der Waals surface area contributed by atoms with Gasteiger partial charge in [-0.3, -0.25) is 4.79 Å². The molecule has 6 heteroatoms. The molecule has 24 heavy (non-hydrogen) atoms. The molecule has 1 heterocycles. The molecule has 3 rings (SSSR count). The number of carbonyl (C=O) groups excluding carboxylic acids is 1. The van der Waals surface area contributed by atoms with Crippen molar-refractivity contribution in [3.8, 4) is 6.07 Å². The maximum atomic E-state index is 12.3. The van der Waals surface area contributed by atoms with E-state index in [1.165, 1.54) is 12.1 Å². The van der Waals surface area contributed by atoms with Crippen molar-refractivity contribution in [2.24, 2.45) is 5.92 Å². The van der Waals surface area contributed by atoms with E-state index in [0.717, 1.165) is 12.2 Å². The topological polar surface area (TPSA) is 66.0 Å². The highest BCUT2D eigenvalue weighted by Crippen LogP contribution is 2.47. The number of rotatable bonds is 4. The lowest BCUT2D eigenvalue weighted by Gasteiger charge is -2.06. The van der Waals surface area contributed by atoms with E-state index in [-0.39, 0.29) is 5.57 Å². The highest BCUT2D eigenvalue weighted by molar-refractivity contribution is 6.36. The zero-order chi connectivity index (χ0) is 17.3. The summed E-state index contributed by atoms with van der Waals surface area (Å²) in [6.45, 7) is 2.16. The van der Waals surface area contributed by atoms with Crippen LogP contribution in [0, 0.1) is 17.2 Å². The number of carbonyl (C=O) groups is 1. The highest BCUT2D eigenvalue weighted by Gasteiger charge is 2.36. The summed E-state index contributed by atoms with van der Waals surface area (Å²) in [7, 11) is 0. The molecule has 4 nitrogen and oxygen atoms in total. The van der Waals surface area contributed by atoms with Crippen LogP contribution in [0.15, 0.2) is 40.3 Å². The van der Waals surface area contributed by atoms with Gasteiger partial charge in [-0.05, 0) is 42.7 Å². The fourth-order valence-electron chi connectivity index (χ4n) is 2.44. The molecule has 0 aliphatic heterocycles.